The van der Waals surface area contributed by atoms with Crippen molar-refractivity contribution in [1.82, 2.24) is 4.98 Å². The van der Waals surface area contributed by atoms with Crippen LogP contribution in [0.5, 0.6) is 0 Å². The molecule has 1 aromatic carbocycles. The molecular formula is C14H14N2O2S. The predicted molar refractivity (Wildman–Crippen MR) is 77.2 cm³/mol. The molecule has 2 aromatic rings. The molecule has 0 saturated carbocycles. The van der Waals surface area contributed by atoms with E-state index < -0.39 is 9.84 Å². The number of nitrogens with zero attached hydrogens (tertiary/aromatic N) is 1. The smallest absolute Gasteiger partial charge is 0.153 e. The largest absolute Gasteiger partial charge is 0.354 e. The van der Waals surface area contributed by atoms with Gasteiger partial charge in [0.25, 0.3) is 0 Å². The van der Waals surface area contributed by atoms with E-state index in [0.29, 0.717) is 12.1 Å². The zero-order valence-corrected chi connectivity index (χ0v) is 11.4. The molecule has 0 spiro atoms. The maximum atomic E-state index is 11.3. The van der Waals surface area contributed by atoms with Gasteiger partial charge in [0.1, 0.15) is 0 Å². The van der Waals surface area contributed by atoms with E-state index in [-0.39, 0.29) is 5.75 Å². The molecule has 0 aliphatic carbocycles. The summed E-state index contributed by atoms with van der Waals surface area (Å²) in [5, 5.41) is 1.14. The minimum atomic E-state index is -3.02. The van der Waals surface area contributed by atoms with E-state index in [1.54, 1.807) is 0 Å². The first-order valence-corrected chi connectivity index (χ1v) is 8.10. The molecule has 3 rings (SSSR count). The lowest BCUT2D eigenvalue weighted by Gasteiger charge is -1.96. The van der Waals surface area contributed by atoms with Gasteiger partial charge in [-0.2, -0.15) is 0 Å². The number of rotatable bonds is 3. The average molecular weight is 274 g/mol. The fourth-order valence-corrected chi connectivity index (χ4v) is 2.96. The number of aliphatic imine (C=N–C) groups is 1. The fraction of sp³-hybridized carbons (Fsp3) is 0.214. The number of aromatic nitrogens is 1. The number of hydrogen-bond donors (Lipinski definition) is 1. The molecule has 4 nitrogen and oxygen atoms in total. The van der Waals surface area contributed by atoms with Crippen LogP contribution in [0.2, 0.25) is 0 Å². The number of allylic oxidation sites excluding steroid dienone is 1. The minimum absolute atomic E-state index is 0.0106. The Kier molecular flexibility index (Phi) is 2.78. The van der Waals surface area contributed by atoms with Crippen LogP contribution in [-0.4, -0.2) is 31.1 Å². The van der Waals surface area contributed by atoms with Gasteiger partial charge < -0.3 is 4.98 Å². The number of benzene rings is 1. The van der Waals surface area contributed by atoms with E-state index in [1.807, 2.05) is 36.4 Å². The molecule has 5 heteroatoms. The summed E-state index contributed by atoms with van der Waals surface area (Å²) < 4.78 is 22.5. The van der Waals surface area contributed by atoms with Crippen molar-refractivity contribution in [2.24, 2.45) is 4.99 Å². The molecule has 0 radical (unpaired) electrons. The summed E-state index contributed by atoms with van der Waals surface area (Å²) >= 11 is 0. The van der Waals surface area contributed by atoms with Crippen LogP contribution in [0.3, 0.4) is 0 Å². The van der Waals surface area contributed by atoms with E-state index in [2.05, 4.69) is 9.98 Å². The molecule has 0 fully saturated rings. The van der Waals surface area contributed by atoms with Gasteiger partial charge in [-0.3, -0.25) is 4.99 Å². The third-order valence-electron chi connectivity index (χ3n) is 3.06. The normalized spacial score (nSPS) is 15.6. The Balaban J connectivity index is 1.90. The number of nitrogens with one attached hydrogen (secondary N) is 1. The molecule has 19 heavy (non-hydrogen) atoms. The van der Waals surface area contributed by atoms with Crippen LogP contribution < -0.4 is 0 Å². The molecule has 0 saturated heterocycles. The first kappa shape index (κ1) is 12.2. The average Bonchev–Trinajstić information content (AvgIpc) is 2.91. The Hall–Kier alpha value is -1.88. The van der Waals surface area contributed by atoms with E-state index in [9.17, 15) is 8.42 Å². The Morgan fingerprint density at radius 2 is 2.11 bits per heavy atom. The van der Waals surface area contributed by atoms with E-state index in [1.165, 1.54) is 6.26 Å². The van der Waals surface area contributed by atoms with Crippen molar-refractivity contribution in [3.05, 3.63) is 47.8 Å². The van der Waals surface area contributed by atoms with E-state index >= 15 is 0 Å². The molecule has 2 heterocycles. The second kappa shape index (κ2) is 4.35. The summed E-state index contributed by atoms with van der Waals surface area (Å²) in [4.78, 5) is 7.71. The van der Waals surface area contributed by atoms with Crippen molar-refractivity contribution >= 4 is 26.5 Å². The molecule has 0 unspecified atom stereocenters. The highest BCUT2D eigenvalue weighted by atomic mass is 32.2. The van der Waals surface area contributed by atoms with Crippen molar-refractivity contribution in [2.45, 2.75) is 6.42 Å². The van der Waals surface area contributed by atoms with E-state index in [4.69, 9.17) is 0 Å². The van der Waals surface area contributed by atoms with Gasteiger partial charge in [-0.05, 0) is 12.1 Å². The highest BCUT2D eigenvalue weighted by Gasteiger charge is 2.15. The van der Waals surface area contributed by atoms with Gasteiger partial charge in [0.2, 0.25) is 0 Å². The van der Waals surface area contributed by atoms with Crippen molar-refractivity contribution in [2.75, 3.05) is 12.0 Å². The van der Waals surface area contributed by atoms with Crippen molar-refractivity contribution in [3.63, 3.8) is 0 Å². The van der Waals surface area contributed by atoms with Crippen LogP contribution in [-0.2, 0) is 9.84 Å². The van der Waals surface area contributed by atoms with Crippen LogP contribution in [0.25, 0.3) is 10.9 Å². The van der Waals surface area contributed by atoms with Crippen LogP contribution in [0.1, 0.15) is 12.1 Å². The maximum Gasteiger partial charge on any atom is 0.153 e. The third-order valence-corrected chi connectivity index (χ3v) is 3.88. The molecule has 0 amide bonds. The number of sulfone groups is 1. The monoisotopic (exact) mass is 274 g/mol. The summed E-state index contributed by atoms with van der Waals surface area (Å²) in [6.45, 7) is 0. The summed E-state index contributed by atoms with van der Waals surface area (Å²) in [6, 6.07) is 10.1. The number of para-hydroxylation sites is 1. The first-order chi connectivity index (χ1) is 9.01. The Labute approximate surface area is 111 Å². The molecule has 1 aromatic heterocycles. The topological polar surface area (TPSA) is 62.3 Å². The number of hydrogen-bond acceptors (Lipinski definition) is 3. The number of aromatic amines is 1. The van der Waals surface area contributed by atoms with Crippen molar-refractivity contribution in [3.8, 4) is 0 Å². The maximum absolute atomic E-state index is 11.3. The van der Waals surface area contributed by atoms with Gasteiger partial charge >= 0.3 is 0 Å². The summed E-state index contributed by atoms with van der Waals surface area (Å²) in [6.07, 6.45) is 3.78. The van der Waals surface area contributed by atoms with Crippen LogP contribution >= 0.6 is 0 Å². The number of fused-ring (bicyclic) bond motifs is 1. The van der Waals surface area contributed by atoms with Gasteiger partial charge in [-0.1, -0.05) is 24.3 Å². The lowest BCUT2D eigenvalue weighted by molar-refractivity contribution is 0.604. The van der Waals surface area contributed by atoms with Gasteiger partial charge in [-0.25, -0.2) is 8.42 Å². The summed E-state index contributed by atoms with van der Waals surface area (Å²) in [7, 11) is -3.02. The molecule has 1 aliphatic rings. The number of H-pyrrole nitrogens is 1. The van der Waals surface area contributed by atoms with Crippen LogP contribution in [0, 0.1) is 0 Å². The SMILES string of the molecule is CS(=O)(=O)CC1=CCC(c2cc3ccccc3[nH]2)=N1. The molecule has 0 atom stereocenters. The Bertz CT molecular complexity index is 765. The van der Waals surface area contributed by atoms with Gasteiger partial charge in [0.05, 0.1) is 22.9 Å². The zero-order valence-electron chi connectivity index (χ0n) is 10.6. The highest BCUT2D eigenvalue weighted by Crippen LogP contribution is 2.21. The van der Waals surface area contributed by atoms with E-state index in [0.717, 1.165) is 22.3 Å². The van der Waals surface area contributed by atoms with Gasteiger partial charge in [0, 0.05) is 23.6 Å². The molecule has 1 N–H and O–H groups in total. The van der Waals surface area contributed by atoms with Crippen molar-refractivity contribution in [1.29, 1.82) is 0 Å². The predicted octanol–water partition coefficient (Wildman–Crippen LogP) is 2.29. The third kappa shape index (κ3) is 2.61. The van der Waals surface area contributed by atoms with Gasteiger partial charge in [-0.15, -0.1) is 0 Å². The summed E-state index contributed by atoms with van der Waals surface area (Å²) in [5.41, 5.74) is 3.56. The highest BCUT2D eigenvalue weighted by molar-refractivity contribution is 7.90. The van der Waals surface area contributed by atoms with Crippen LogP contribution in [0.4, 0.5) is 0 Å². The zero-order chi connectivity index (χ0) is 13.5. The Morgan fingerprint density at radius 3 is 2.84 bits per heavy atom. The summed E-state index contributed by atoms with van der Waals surface area (Å²) in [5.74, 6) is 0.0106. The quantitative estimate of drug-likeness (QED) is 0.933. The standard InChI is InChI=1S/C14H14N2O2S/c1-19(17,18)9-11-6-7-13(15-11)14-8-10-4-2-3-5-12(10)16-14/h2-6,8,16H,7,9H2,1H3. The first-order valence-electron chi connectivity index (χ1n) is 6.04. The second-order valence-electron chi connectivity index (χ2n) is 4.80. The lowest BCUT2D eigenvalue weighted by Crippen LogP contribution is -2.04. The molecule has 0 bridgehead atoms. The molecule has 1 aliphatic heterocycles. The van der Waals surface area contributed by atoms with Gasteiger partial charge in [0.15, 0.2) is 9.84 Å². The van der Waals surface area contributed by atoms with Crippen LogP contribution in [0.15, 0.2) is 47.1 Å². The Morgan fingerprint density at radius 1 is 1.32 bits per heavy atom. The van der Waals surface area contributed by atoms with Crippen molar-refractivity contribution < 1.29 is 8.42 Å². The molecule has 98 valence electrons. The lowest BCUT2D eigenvalue weighted by atomic mass is 10.2. The minimum Gasteiger partial charge on any atom is -0.354 e. The fourth-order valence-electron chi connectivity index (χ4n) is 2.24. The second-order valence-corrected chi connectivity index (χ2v) is 6.94. The molecular weight excluding hydrogens is 260 g/mol.